The molecule has 0 radical (unpaired) electrons. The Morgan fingerprint density at radius 2 is 1.65 bits per heavy atom. The second-order valence-corrected chi connectivity index (χ2v) is 10.2. The van der Waals surface area contributed by atoms with Crippen molar-refractivity contribution in [3.63, 3.8) is 0 Å². The second kappa shape index (κ2) is 5.29. The molecule has 0 aromatic heterocycles. The predicted molar refractivity (Wildman–Crippen MR) is 99.2 cm³/mol. The van der Waals surface area contributed by atoms with Crippen molar-refractivity contribution in [3.8, 4) is 0 Å². The Hall–Kier alpha value is -0.420. The van der Waals surface area contributed by atoms with Gasteiger partial charge in [0.2, 0.25) is 5.79 Å². The van der Waals surface area contributed by atoms with Crippen molar-refractivity contribution in [2.24, 2.45) is 0 Å². The minimum Gasteiger partial charge on any atom is -0.346 e. The molecule has 3 aliphatic carbocycles. The SMILES string of the molecule is COC1(OC)C=CC(Br)(Br)C2=C1C1(CC2)CCc2ccccc21. The van der Waals surface area contributed by atoms with Crippen LogP contribution in [0.5, 0.6) is 0 Å². The smallest absolute Gasteiger partial charge is 0.211 e. The lowest BCUT2D eigenvalue weighted by Crippen LogP contribution is -2.45. The van der Waals surface area contributed by atoms with Gasteiger partial charge in [-0.1, -0.05) is 62.2 Å². The molecule has 0 bridgehead atoms. The van der Waals surface area contributed by atoms with Gasteiger partial charge in [-0.2, -0.15) is 0 Å². The van der Waals surface area contributed by atoms with Gasteiger partial charge in [0.15, 0.2) is 0 Å². The minimum absolute atomic E-state index is 0.0233. The summed E-state index contributed by atoms with van der Waals surface area (Å²) >= 11 is 7.68. The van der Waals surface area contributed by atoms with Crippen molar-refractivity contribution >= 4 is 31.9 Å². The van der Waals surface area contributed by atoms with E-state index in [2.05, 4.69) is 62.2 Å². The molecule has 0 aliphatic heterocycles. The van der Waals surface area contributed by atoms with E-state index in [9.17, 15) is 0 Å². The Morgan fingerprint density at radius 3 is 2.39 bits per heavy atom. The molecule has 1 spiro atoms. The summed E-state index contributed by atoms with van der Waals surface area (Å²) < 4.78 is 11.6. The molecule has 1 aromatic rings. The summed E-state index contributed by atoms with van der Waals surface area (Å²) in [6.45, 7) is 0. The molecule has 0 saturated carbocycles. The summed E-state index contributed by atoms with van der Waals surface area (Å²) in [5.74, 6) is -0.770. The van der Waals surface area contributed by atoms with E-state index in [0.717, 1.165) is 25.7 Å². The zero-order chi connectivity index (χ0) is 16.3. The molecule has 1 unspecified atom stereocenters. The third kappa shape index (κ3) is 2.05. The minimum atomic E-state index is -0.770. The van der Waals surface area contributed by atoms with Gasteiger partial charge in [0, 0.05) is 25.2 Å². The summed E-state index contributed by atoms with van der Waals surface area (Å²) in [5.41, 5.74) is 5.58. The van der Waals surface area contributed by atoms with Crippen LogP contribution < -0.4 is 0 Å². The average Bonchev–Trinajstić information content (AvgIpc) is 3.14. The quantitative estimate of drug-likeness (QED) is 0.366. The standard InChI is InChI=1S/C19H20Br2O2/c1-22-19(23-2)12-11-18(20,21)15-8-10-17(16(15)19)9-7-13-5-3-4-6-14(13)17/h3-6,11-12H,7-10H2,1-2H3. The summed E-state index contributed by atoms with van der Waals surface area (Å²) in [5, 5.41) is 0. The highest BCUT2D eigenvalue weighted by atomic mass is 79.9. The highest BCUT2D eigenvalue weighted by Gasteiger charge is 2.58. The first-order chi connectivity index (χ1) is 11.0. The molecule has 1 atom stereocenters. The lowest BCUT2D eigenvalue weighted by atomic mass is 9.71. The Labute approximate surface area is 154 Å². The van der Waals surface area contributed by atoms with Gasteiger partial charge < -0.3 is 9.47 Å². The monoisotopic (exact) mass is 438 g/mol. The number of ether oxygens (including phenoxy) is 2. The zero-order valence-corrected chi connectivity index (χ0v) is 16.5. The van der Waals surface area contributed by atoms with Crippen LogP contribution in [0.15, 0.2) is 47.6 Å². The lowest BCUT2D eigenvalue weighted by Gasteiger charge is -2.43. The molecule has 23 heavy (non-hydrogen) atoms. The van der Waals surface area contributed by atoms with E-state index >= 15 is 0 Å². The van der Waals surface area contributed by atoms with Gasteiger partial charge in [-0.25, -0.2) is 0 Å². The molecule has 3 aliphatic rings. The topological polar surface area (TPSA) is 18.5 Å². The number of benzene rings is 1. The van der Waals surface area contributed by atoms with Crippen molar-refractivity contribution in [1.29, 1.82) is 0 Å². The van der Waals surface area contributed by atoms with E-state index < -0.39 is 5.79 Å². The fourth-order valence-corrected chi connectivity index (χ4v) is 5.84. The maximum Gasteiger partial charge on any atom is 0.211 e. The first kappa shape index (κ1) is 16.1. The van der Waals surface area contributed by atoms with Crippen molar-refractivity contribution in [3.05, 3.63) is 58.7 Å². The Bertz CT molecular complexity index is 716. The highest BCUT2D eigenvalue weighted by Crippen LogP contribution is 2.62. The van der Waals surface area contributed by atoms with E-state index in [4.69, 9.17) is 9.47 Å². The zero-order valence-electron chi connectivity index (χ0n) is 13.4. The molecule has 0 fully saturated rings. The van der Waals surface area contributed by atoms with Crippen molar-refractivity contribution < 1.29 is 9.47 Å². The molecular formula is C19H20Br2O2. The van der Waals surface area contributed by atoms with Gasteiger partial charge in [0.25, 0.3) is 0 Å². The molecule has 0 amide bonds. The Balaban J connectivity index is 1.97. The molecule has 4 rings (SSSR count). The molecular weight excluding hydrogens is 420 g/mol. The summed E-state index contributed by atoms with van der Waals surface area (Å²) in [6, 6.07) is 8.84. The summed E-state index contributed by atoms with van der Waals surface area (Å²) in [7, 11) is 3.47. The number of methoxy groups -OCH3 is 2. The molecule has 0 heterocycles. The third-order valence-electron chi connectivity index (χ3n) is 5.81. The van der Waals surface area contributed by atoms with Crippen LogP contribution in [0.2, 0.25) is 0 Å². The van der Waals surface area contributed by atoms with E-state index in [1.807, 2.05) is 6.08 Å². The van der Waals surface area contributed by atoms with Gasteiger partial charge in [-0.3, -0.25) is 0 Å². The molecule has 4 heteroatoms. The summed E-state index contributed by atoms with van der Waals surface area (Å²) in [4.78, 5) is 0. The van der Waals surface area contributed by atoms with Crippen LogP contribution in [-0.4, -0.2) is 23.2 Å². The summed E-state index contributed by atoms with van der Waals surface area (Å²) in [6.07, 6.45) is 8.55. The number of rotatable bonds is 2. The molecule has 1 aromatic carbocycles. The number of fused-ring (bicyclic) bond motifs is 3. The Morgan fingerprint density at radius 1 is 0.957 bits per heavy atom. The fraction of sp³-hybridized carbons (Fsp3) is 0.474. The maximum absolute atomic E-state index is 5.93. The van der Waals surface area contributed by atoms with E-state index in [1.165, 1.54) is 22.3 Å². The second-order valence-electron chi connectivity index (χ2n) is 6.62. The van der Waals surface area contributed by atoms with Crippen LogP contribution in [0, 0.1) is 0 Å². The molecule has 122 valence electrons. The number of alkyl halides is 2. The molecule has 0 saturated heterocycles. The Kier molecular flexibility index (Phi) is 3.69. The first-order valence-corrected chi connectivity index (χ1v) is 9.59. The van der Waals surface area contributed by atoms with Crippen LogP contribution >= 0.6 is 31.9 Å². The normalized spacial score (nSPS) is 29.9. The van der Waals surface area contributed by atoms with Gasteiger partial charge >= 0.3 is 0 Å². The van der Waals surface area contributed by atoms with Crippen molar-refractivity contribution in [2.75, 3.05) is 14.2 Å². The van der Waals surface area contributed by atoms with Crippen molar-refractivity contribution in [2.45, 2.75) is 40.1 Å². The van der Waals surface area contributed by atoms with E-state index in [1.54, 1.807) is 14.2 Å². The first-order valence-electron chi connectivity index (χ1n) is 8.00. The van der Waals surface area contributed by atoms with Crippen LogP contribution in [0.1, 0.15) is 30.4 Å². The molecule has 0 N–H and O–H groups in total. The fourth-order valence-electron chi connectivity index (χ4n) is 4.78. The van der Waals surface area contributed by atoms with Crippen LogP contribution in [-0.2, 0) is 21.3 Å². The lowest BCUT2D eigenvalue weighted by molar-refractivity contribution is -0.149. The van der Waals surface area contributed by atoms with E-state index in [0.29, 0.717) is 0 Å². The largest absolute Gasteiger partial charge is 0.346 e. The number of halogens is 2. The average molecular weight is 440 g/mol. The van der Waals surface area contributed by atoms with Crippen molar-refractivity contribution in [1.82, 2.24) is 0 Å². The van der Waals surface area contributed by atoms with Crippen LogP contribution in [0.25, 0.3) is 0 Å². The number of hydrogen-bond donors (Lipinski definition) is 0. The molecule has 2 nitrogen and oxygen atoms in total. The highest BCUT2D eigenvalue weighted by molar-refractivity contribution is 9.25. The van der Waals surface area contributed by atoms with Gasteiger partial charge in [0.1, 0.15) is 3.23 Å². The predicted octanol–water partition coefficient (Wildman–Crippen LogP) is 5.01. The van der Waals surface area contributed by atoms with Crippen LogP contribution in [0.4, 0.5) is 0 Å². The number of hydrogen-bond acceptors (Lipinski definition) is 2. The van der Waals surface area contributed by atoms with Gasteiger partial charge in [-0.15, -0.1) is 0 Å². The van der Waals surface area contributed by atoms with Gasteiger partial charge in [0.05, 0.1) is 0 Å². The number of allylic oxidation sites excluding steroid dienone is 2. The third-order valence-corrected chi connectivity index (χ3v) is 7.29. The van der Waals surface area contributed by atoms with Crippen LogP contribution in [0.3, 0.4) is 0 Å². The van der Waals surface area contributed by atoms with Gasteiger partial charge in [-0.05, 0) is 48.5 Å². The number of aryl methyl sites for hydroxylation is 1. The maximum atomic E-state index is 5.93. The van der Waals surface area contributed by atoms with E-state index in [-0.39, 0.29) is 8.65 Å².